The molecule has 30 heavy (non-hydrogen) atoms. The van der Waals surface area contributed by atoms with Gasteiger partial charge >= 0.3 is 0 Å². The average Bonchev–Trinajstić information content (AvgIpc) is 3.06. The molecule has 1 fully saturated rings. The number of rotatable bonds is 6. The summed E-state index contributed by atoms with van der Waals surface area (Å²) in [6, 6.07) is 10.8. The van der Waals surface area contributed by atoms with Crippen LogP contribution in [0.15, 0.2) is 36.4 Å². The Labute approximate surface area is 175 Å². The van der Waals surface area contributed by atoms with Gasteiger partial charge in [-0.05, 0) is 35.7 Å². The number of nitrogens with one attached hydrogen (secondary N) is 3. The highest BCUT2D eigenvalue weighted by Crippen LogP contribution is 2.36. The van der Waals surface area contributed by atoms with E-state index in [0.29, 0.717) is 23.2 Å². The number of H-pyrrole nitrogens is 1. The molecule has 6 heteroatoms. The van der Waals surface area contributed by atoms with Crippen molar-refractivity contribution in [3.05, 3.63) is 70.4 Å². The van der Waals surface area contributed by atoms with E-state index in [1.807, 2.05) is 0 Å². The summed E-state index contributed by atoms with van der Waals surface area (Å²) in [5.74, 6) is -0.615. The Kier molecular flexibility index (Phi) is 5.31. The van der Waals surface area contributed by atoms with E-state index in [0.717, 1.165) is 55.5 Å². The fourth-order valence-electron chi connectivity index (χ4n) is 4.54. The standard InChI is InChI=1S/C24H27F2N3O/c1-2-3-8-27-21-11-19-18-9-17(25)10-20(26)23(18)29-24(19)22(28-21)15-6-4-14(5-7-15)16-12-30-13-16/h4-7,9-10,16,21-22,27-29H,2-3,8,11-13H2,1H3/t21-,22-/m1/s1. The Balaban J connectivity index is 1.53. The lowest BCUT2D eigenvalue weighted by Crippen LogP contribution is -2.49. The Morgan fingerprint density at radius 1 is 1.10 bits per heavy atom. The van der Waals surface area contributed by atoms with Crippen LogP contribution in [0.4, 0.5) is 8.78 Å². The summed E-state index contributed by atoms with van der Waals surface area (Å²) in [5, 5.41) is 7.88. The van der Waals surface area contributed by atoms with Gasteiger partial charge in [0.25, 0.3) is 0 Å². The highest BCUT2D eigenvalue weighted by atomic mass is 19.1. The molecule has 0 unspecified atom stereocenters. The number of benzene rings is 2. The zero-order valence-electron chi connectivity index (χ0n) is 17.1. The SMILES string of the molecule is CCCCN[C@H]1Cc2c([nH]c3c(F)cc(F)cc23)[C@@H](c2ccc(C3COC3)cc2)N1. The maximum atomic E-state index is 14.5. The van der Waals surface area contributed by atoms with Gasteiger partial charge in [-0.2, -0.15) is 0 Å². The molecule has 0 radical (unpaired) electrons. The molecule has 2 aromatic carbocycles. The molecule has 2 aliphatic heterocycles. The summed E-state index contributed by atoms with van der Waals surface area (Å²) in [5.41, 5.74) is 4.67. The summed E-state index contributed by atoms with van der Waals surface area (Å²) in [4.78, 5) is 3.26. The summed E-state index contributed by atoms with van der Waals surface area (Å²) >= 11 is 0. The predicted octanol–water partition coefficient (Wildman–Crippen LogP) is 4.51. The number of aromatic nitrogens is 1. The Morgan fingerprint density at radius 3 is 2.57 bits per heavy atom. The van der Waals surface area contributed by atoms with E-state index in [1.54, 1.807) is 0 Å². The van der Waals surface area contributed by atoms with Gasteiger partial charge in [0.05, 0.1) is 30.9 Å². The third kappa shape index (κ3) is 3.53. The fraction of sp³-hybridized carbons (Fsp3) is 0.417. The molecular weight excluding hydrogens is 384 g/mol. The molecule has 3 N–H and O–H groups in total. The largest absolute Gasteiger partial charge is 0.380 e. The van der Waals surface area contributed by atoms with Crippen molar-refractivity contribution in [3.63, 3.8) is 0 Å². The van der Waals surface area contributed by atoms with Gasteiger partial charge in [-0.15, -0.1) is 0 Å². The van der Waals surface area contributed by atoms with E-state index >= 15 is 0 Å². The molecule has 0 amide bonds. The van der Waals surface area contributed by atoms with Gasteiger partial charge in [0.15, 0.2) is 0 Å². The molecule has 4 nitrogen and oxygen atoms in total. The first-order valence-electron chi connectivity index (χ1n) is 10.8. The minimum Gasteiger partial charge on any atom is -0.380 e. The molecule has 2 aliphatic rings. The number of unbranched alkanes of at least 4 members (excludes halogenated alkanes) is 1. The van der Waals surface area contributed by atoms with Crippen molar-refractivity contribution in [1.29, 1.82) is 0 Å². The molecule has 5 rings (SSSR count). The lowest BCUT2D eigenvalue weighted by molar-refractivity contribution is 0.00841. The molecule has 3 aromatic rings. The summed E-state index contributed by atoms with van der Waals surface area (Å²) in [7, 11) is 0. The van der Waals surface area contributed by atoms with Crippen LogP contribution in [-0.2, 0) is 11.2 Å². The molecular formula is C24H27F2N3O. The van der Waals surface area contributed by atoms with Crippen molar-refractivity contribution < 1.29 is 13.5 Å². The number of ether oxygens (including phenoxy) is 1. The second-order valence-electron chi connectivity index (χ2n) is 8.39. The second-order valence-corrected chi connectivity index (χ2v) is 8.39. The maximum absolute atomic E-state index is 14.5. The topological polar surface area (TPSA) is 49.1 Å². The lowest BCUT2D eigenvalue weighted by atomic mass is 9.90. The molecule has 0 aliphatic carbocycles. The van der Waals surface area contributed by atoms with Gasteiger partial charge in [0, 0.05) is 29.5 Å². The fourth-order valence-corrected chi connectivity index (χ4v) is 4.54. The van der Waals surface area contributed by atoms with E-state index in [1.165, 1.54) is 11.6 Å². The van der Waals surface area contributed by atoms with Crippen LogP contribution in [-0.4, -0.2) is 30.9 Å². The first kappa shape index (κ1) is 19.7. The smallest absolute Gasteiger partial charge is 0.150 e. The van der Waals surface area contributed by atoms with Gasteiger partial charge in [0.2, 0.25) is 0 Å². The van der Waals surface area contributed by atoms with Crippen molar-refractivity contribution in [2.75, 3.05) is 19.8 Å². The van der Waals surface area contributed by atoms with E-state index in [2.05, 4.69) is 46.8 Å². The Morgan fingerprint density at radius 2 is 1.87 bits per heavy atom. The first-order valence-corrected chi connectivity index (χ1v) is 10.8. The molecule has 0 spiro atoms. The van der Waals surface area contributed by atoms with Crippen LogP contribution in [0.5, 0.6) is 0 Å². The zero-order chi connectivity index (χ0) is 20.7. The van der Waals surface area contributed by atoms with Gasteiger partial charge in [-0.1, -0.05) is 37.6 Å². The summed E-state index contributed by atoms with van der Waals surface area (Å²) in [6.45, 7) is 4.63. The highest BCUT2D eigenvalue weighted by molar-refractivity contribution is 5.86. The van der Waals surface area contributed by atoms with Crippen LogP contribution in [0.25, 0.3) is 10.9 Å². The van der Waals surface area contributed by atoms with E-state index in [4.69, 9.17) is 4.74 Å². The molecule has 1 saturated heterocycles. The number of halogens is 2. The van der Waals surface area contributed by atoms with Crippen molar-refractivity contribution in [2.45, 2.75) is 44.3 Å². The van der Waals surface area contributed by atoms with Gasteiger partial charge < -0.3 is 15.0 Å². The molecule has 2 atom stereocenters. The molecule has 0 bridgehead atoms. The maximum Gasteiger partial charge on any atom is 0.150 e. The van der Waals surface area contributed by atoms with Crippen LogP contribution in [0.2, 0.25) is 0 Å². The third-order valence-electron chi connectivity index (χ3n) is 6.33. The number of hydrogen-bond acceptors (Lipinski definition) is 3. The van der Waals surface area contributed by atoms with E-state index < -0.39 is 11.6 Å². The molecule has 0 saturated carbocycles. The molecule has 158 valence electrons. The third-order valence-corrected chi connectivity index (χ3v) is 6.33. The first-order chi connectivity index (χ1) is 14.6. The van der Waals surface area contributed by atoms with E-state index in [-0.39, 0.29) is 12.2 Å². The monoisotopic (exact) mass is 411 g/mol. The number of fused-ring (bicyclic) bond motifs is 3. The average molecular weight is 411 g/mol. The van der Waals surface area contributed by atoms with Crippen LogP contribution < -0.4 is 10.6 Å². The van der Waals surface area contributed by atoms with Gasteiger partial charge in [-0.25, -0.2) is 8.78 Å². The van der Waals surface area contributed by atoms with Gasteiger partial charge in [0.1, 0.15) is 11.6 Å². The predicted molar refractivity (Wildman–Crippen MR) is 114 cm³/mol. The number of aromatic amines is 1. The Bertz CT molecular complexity index is 1040. The van der Waals surface area contributed by atoms with Crippen LogP contribution >= 0.6 is 0 Å². The Hall–Kier alpha value is -2.28. The lowest BCUT2D eigenvalue weighted by Gasteiger charge is -2.33. The molecule has 3 heterocycles. The second kappa shape index (κ2) is 8.10. The van der Waals surface area contributed by atoms with Crippen molar-refractivity contribution in [2.24, 2.45) is 0 Å². The van der Waals surface area contributed by atoms with E-state index in [9.17, 15) is 8.78 Å². The minimum absolute atomic E-state index is 0.0408. The highest BCUT2D eigenvalue weighted by Gasteiger charge is 2.31. The van der Waals surface area contributed by atoms with Crippen molar-refractivity contribution >= 4 is 10.9 Å². The van der Waals surface area contributed by atoms with Crippen LogP contribution in [0.3, 0.4) is 0 Å². The summed E-state index contributed by atoms with van der Waals surface area (Å²) in [6.07, 6.45) is 2.92. The van der Waals surface area contributed by atoms with Crippen LogP contribution in [0.1, 0.15) is 54.1 Å². The quantitative estimate of drug-likeness (QED) is 0.523. The van der Waals surface area contributed by atoms with Crippen molar-refractivity contribution in [1.82, 2.24) is 15.6 Å². The minimum atomic E-state index is -0.547. The number of hydrogen-bond donors (Lipinski definition) is 3. The van der Waals surface area contributed by atoms with Crippen molar-refractivity contribution in [3.8, 4) is 0 Å². The zero-order valence-corrected chi connectivity index (χ0v) is 17.1. The van der Waals surface area contributed by atoms with Gasteiger partial charge in [-0.3, -0.25) is 5.32 Å². The molecule has 1 aromatic heterocycles. The van der Waals surface area contributed by atoms with Crippen LogP contribution in [0, 0.1) is 11.6 Å². The normalized spacial score (nSPS) is 21.6. The summed E-state index contributed by atoms with van der Waals surface area (Å²) < 4.78 is 33.8.